The third-order valence-corrected chi connectivity index (χ3v) is 3.42. The van der Waals surface area contributed by atoms with Gasteiger partial charge in [-0.05, 0) is 37.5 Å². The molecule has 0 aromatic heterocycles. The van der Waals surface area contributed by atoms with E-state index >= 15 is 0 Å². The molecule has 0 radical (unpaired) electrons. The fourth-order valence-corrected chi connectivity index (χ4v) is 2.37. The van der Waals surface area contributed by atoms with Crippen molar-refractivity contribution < 1.29 is 9.53 Å². The van der Waals surface area contributed by atoms with Crippen molar-refractivity contribution >= 4 is 21.8 Å². The predicted octanol–water partition coefficient (Wildman–Crippen LogP) is 2.81. The van der Waals surface area contributed by atoms with Gasteiger partial charge in [0.2, 0.25) is 5.91 Å². The van der Waals surface area contributed by atoms with E-state index in [-0.39, 0.29) is 18.1 Å². The van der Waals surface area contributed by atoms with Crippen molar-refractivity contribution in [2.24, 2.45) is 0 Å². The van der Waals surface area contributed by atoms with Crippen LogP contribution in [0.1, 0.15) is 31.4 Å². The van der Waals surface area contributed by atoms with Crippen molar-refractivity contribution in [2.45, 2.75) is 31.9 Å². The summed E-state index contributed by atoms with van der Waals surface area (Å²) in [5.74, 6) is -0.00465. The molecule has 0 bridgehead atoms. The van der Waals surface area contributed by atoms with Crippen molar-refractivity contribution in [3.8, 4) is 0 Å². The number of ether oxygens (including phenoxy) is 1. The van der Waals surface area contributed by atoms with Crippen LogP contribution in [0.3, 0.4) is 0 Å². The smallest absolute Gasteiger partial charge is 0.249 e. The van der Waals surface area contributed by atoms with Gasteiger partial charge in [0.1, 0.15) is 6.10 Å². The van der Waals surface area contributed by atoms with Gasteiger partial charge in [-0.15, -0.1) is 0 Å². The van der Waals surface area contributed by atoms with Gasteiger partial charge in [-0.25, -0.2) is 0 Å². The number of amides is 1. The van der Waals surface area contributed by atoms with E-state index in [4.69, 9.17) is 4.74 Å². The average molecular weight is 298 g/mol. The minimum absolute atomic E-state index is 0.00389. The Kier molecular flexibility index (Phi) is 4.18. The molecule has 0 spiro atoms. The van der Waals surface area contributed by atoms with E-state index in [0.717, 1.165) is 22.9 Å². The fraction of sp³-hybridized carbons (Fsp3) is 0.462. The first-order chi connectivity index (χ1) is 8.16. The molecule has 1 aromatic rings. The summed E-state index contributed by atoms with van der Waals surface area (Å²) >= 11 is 3.43. The van der Waals surface area contributed by atoms with E-state index in [0.29, 0.717) is 6.61 Å². The second kappa shape index (κ2) is 5.65. The zero-order valence-electron chi connectivity index (χ0n) is 9.78. The minimum atomic E-state index is -0.260. The van der Waals surface area contributed by atoms with Crippen LogP contribution in [0, 0.1) is 0 Å². The van der Waals surface area contributed by atoms with Gasteiger partial charge in [-0.2, -0.15) is 0 Å². The molecule has 1 N–H and O–H groups in total. The summed E-state index contributed by atoms with van der Waals surface area (Å²) < 4.78 is 6.38. The predicted molar refractivity (Wildman–Crippen MR) is 69.7 cm³/mol. The first kappa shape index (κ1) is 12.6. The fourth-order valence-electron chi connectivity index (χ4n) is 1.95. The molecule has 2 atom stereocenters. The Hall–Kier alpha value is -0.870. The van der Waals surface area contributed by atoms with Crippen LogP contribution < -0.4 is 5.32 Å². The lowest BCUT2D eigenvalue weighted by Gasteiger charge is -2.17. The van der Waals surface area contributed by atoms with Crippen LogP contribution in [-0.4, -0.2) is 18.6 Å². The maximum atomic E-state index is 11.9. The maximum absolute atomic E-state index is 11.9. The molecule has 1 unspecified atom stereocenters. The number of hydrogen-bond donors (Lipinski definition) is 1. The number of carbonyl (C=O) groups is 1. The molecule has 0 aliphatic carbocycles. The van der Waals surface area contributed by atoms with Gasteiger partial charge in [0.15, 0.2) is 0 Å². The van der Waals surface area contributed by atoms with Gasteiger partial charge in [0.05, 0.1) is 6.04 Å². The Balaban J connectivity index is 1.96. The number of halogens is 1. The van der Waals surface area contributed by atoms with Crippen molar-refractivity contribution in [2.75, 3.05) is 6.61 Å². The second-order valence-corrected chi connectivity index (χ2v) is 5.20. The van der Waals surface area contributed by atoms with Gasteiger partial charge in [-0.3, -0.25) is 4.79 Å². The number of carbonyl (C=O) groups excluding carboxylic acids is 1. The lowest BCUT2D eigenvalue weighted by molar-refractivity contribution is -0.130. The van der Waals surface area contributed by atoms with Crippen LogP contribution in [0.5, 0.6) is 0 Å². The second-order valence-electron chi connectivity index (χ2n) is 4.29. The highest BCUT2D eigenvalue weighted by Crippen LogP contribution is 2.19. The normalized spacial score (nSPS) is 21.2. The zero-order valence-corrected chi connectivity index (χ0v) is 11.4. The molecule has 1 fully saturated rings. The first-order valence-corrected chi connectivity index (χ1v) is 6.63. The number of nitrogens with one attached hydrogen (secondary N) is 1. The summed E-state index contributed by atoms with van der Waals surface area (Å²) in [7, 11) is 0. The van der Waals surface area contributed by atoms with Gasteiger partial charge < -0.3 is 10.1 Å². The highest BCUT2D eigenvalue weighted by Gasteiger charge is 2.24. The highest BCUT2D eigenvalue weighted by atomic mass is 79.9. The summed E-state index contributed by atoms with van der Waals surface area (Å²) in [5, 5.41) is 2.98. The van der Waals surface area contributed by atoms with E-state index in [1.807, 2.05) is 31.2 Å². The molecular weight excluding hydrogens is 282 g/mol. The molecule has 3 nitrogen and oxygen atoms in total. The van der Waals surface area contributed by atoms with E-state index in [1.165, 1.54) is 0 Å². The van der Waals surface area contributed by atoms with E-state index in [1.54, 1.807) is 0 Å². The minimum Gasteiger partial charge on any atom is -0.368 e. The van der Waals surface area contributed by atoms with Crippen LogP contribution in [0.25, 0.3) is 0 Å². The van der Waals surface area contributed by atoms with Crippen LogP contribution in [0.4, 0.5) is 0 Å². The molecule has 0 saturated carbocycles. The van der Waals surface area contributed by atoms with Gasteiger partial charge >= 0.3 is 0 Å². The topological polar surface area (TPSA) is 38.3 Å². The lowest BCUT2D eigenvalue weighted by Crippen LogP contribution is -2.35. The molecule has 1 amide bonds. The Morgan fingerprint density at radius 1 is 1.59 bits per heavy atom. The third-order valence-electron chi connectivity index (χ3n) is 2.93. The van der Waals surface area contributed by atoms with Crippen LogP contribution in [0.15, 0.2) is 28.7 Å². The molecule has 2 rings (SSSR count). The molecule has 1 heterocycles. The SMILES string of the molecule is CC(NC(=O)[C@H]1CCCO1)c1cccc(Br)c1. The standard InChI is InChI=1S/C13H16BrNO2/c1-9(10-4-2-5-11(14)8-10)15-13(16)12-6-3-7-17-12/h2,4-5,8-9,12H,3,6-7H2,1H3,(H,15,16)/t9?,12-/m1/s1. The molecule has 4 heteroatoms. The largest absolute Gasteiger partial charge is 0.368 e. The Labute approximate surface area is 110 Å². The summed E-state index contributed by atoms with van der Waals surface area (Å²) in [4.78, 5) is 11.9. The highest BCUT2D eigenvalue weighted by molar-refractivity contribution is 9.10. The molecule has 1 aliphatic heterocycles. The summed E-state index contributed by atoms with van der Waals surface area (Å²) in [5.41, 5.74) is 1.09. The molecule has 92 valence electrons. The Bertz CT molecular complexity index is 402. The van der Waals surface area contributed by atoms with Gasteiger partial charge in [-0.1, -0.05) is 28.1 Å². The van der Waals surface area contributed by atoms with Crippen molar-refractivity contribution in [1.29, 1.82) is 0 Å². The van der Waals surface area contributed by atoms with Crippen molar-refractivity contribution in [1.82, 2.24) is 5.32 Å². The quantitative estimate of drug-likeness (QED) is 0.932. The maximum Gasteiger partial charge on any atom is 0.249 e. The number of hydrogen-bond acceptors (Lipinski definition) is 2. The van der Waals surface area contributed by atoms with Crippen molar-refractivity contribution in [3.05, 3.63) is 34.3 Å². The number of rotatable bonds is 3. The van der Waals surface area contributed by atoms with Gasteiger partial charge in [0.25, 0.3) is 0 Å². The number of benzene rings is 1. The lowest BCUT2D eigenvalue weighted by atomic mass is 10.1. The van der Waals surface area contributed by atoms with Crippen molar-refractivity contribution in [3.63, 3.8) is 0 Å². The summed E-state index contributed by atoms with van der Waals surface area (Å²) in [6, 6.07) is 7.96. The van der Waals surface area contributed by atoms with Crippen LogP contribution in [0.2, 0.25) is 0 Å². The summed E-state index contributed by atoms with van der Waals surface area (Å²) in [6.07, 6.45) is 1.55. The molecule has 1 aliphatic rings. The van der Waals surface area contributed by atoms with Gasteiger partial charge in [0, 0.05) is 11.1 Å². The van der Waals surface area contributed by atoms with Crippen LogP contribution >= 0.6 is 15.9 Å². The summed E-state index contributed by atoms with van der Waals surface area (Å²) in [6.45, 7) is 2.68. The average Bonchev–Trinajstić information content (AvgIpc) is 2.82. The van der Waals surface area contributed by atoms with E-state index in [9.17, 15) is 4.79 Å². The third kappa shape index (κ3) is 3.30. The zero-order chi connectivity index (χ0) is 12.3. The molecule has 1 aromatic carbocycles. The first-order valence-electron chi connectivity index (χ1n) is 5.84. The Morgan fingerprint density at radius 2 is 2.41 bits per heavy atom. The van der Waals surface area contributed by atoms with E-state index in [2.05, 4.69) is 21.2 Å². The van der Waals surface area contributed by atoms with Crippen LogP contribution in [-0.2, 0) is 9.53 Å². The molecule has 17 heavy (non-hydrogen) atoms. The molecule has 1 saturated heterocycles. The molecular formula is C13H16BrNO2. The van der Waals surface area contributed by atoms with E-state index < -0.39 is 0 Å². The monoisotopic (exact) mass is 297 g/mol. The Morgan fingerprint density at radius 3 is 3.06 bits per heavy atom.